The largest absolute Gasteiger partial charge is 0.489 e. The number of fused-ring (bicyclic) bond motifs is 1. The second kappa shape index (κ2) is 9.75. The molecule has 2 aromatic carbocycles. The predicted molar refractivity (Wildman–Crippen MR) is 120 cm³/mol. The number of nitrogens with zero attached hydrogens (tertiary/aromatic N) is 4. The van der Waals surface area contributed by atoms with Gasteiger partial charge in [0.05, 0.1) is 30.1 Å². The highest BCUT2D eigenvalue weighted by molar-refractivity contribution is 5.78. The van der Waals surface area contributed by atoms with Crippen LogP contribution in [0, 0.1) is 11.8 Å². The summed E-state index contributed by atoms with van der Waals surface area (Å²) in [5.41, 5.74) is 3.67. The van der Waals surface area contributed by atoms with Crippen LogP contribution in [0.5, 0.6) is 5.75 Å². The van der Waals surface area contributed by atoms with E-state index in [9.17, 15) is 4.79 Å². The Morgan fingerprint density at radius 3 is 2.75 bits per heavy atom. The number of aromatic nitrogens is 4. The predicted octanol–water partition coefficient (Wildman–Crippen LogP) is 4.04. The Labute approximate surface area is 185 Å². The Morgan fingerprint density at radius 2 is 2.03 bits per heavy atom. The van der Waals surface area contributed by atoms with Crippen LogP contribution in [0.2, 0.25) is 0 Å². The molecule has 2 heterocycles. The highest BCUT2D eigenvalue weighted by Gasteiger charge is 2.13. The van der Waals surface area contributed by atoms with Crippen molar-refractivity contribution in [3.63, 3.8) is 0 Å². The summed E-state index contributed by atoms with van der Waals surface area (Å²) >= 11 is 0. The van der Waals surface area contributed by atoms with Crippen LogP contribution in [-0.4, -0.2) is 30.8 Å². The molecule has 32 heavy (non-hydrogen) atoms. The Morgan fingerprint density at radius 1 is 1.19 bits per heavy atom. The molecule has 0 bridgehead atoms. The molecule has 0 aliphatic carbocycles. The fourth-order valence-corrected chi connectivity index (χ4v) is 3.43. The van der Waals surface area contributed by atoms with E-state index in [2.05, 4.69) is 26.9 Å². The van der Waals surface area contributed by atoms with E-state index >= 15 is 0 Å². The minimum atomic E-state index is -0.868. The van der Waals surface area contributed by atoms with E-state index < -0.39 is 5.97 Å². The molecule has 4 rings (SSSR count). The average molecular weight is 426 g/mol. The van der Waals surface area contributed by atoms with Gasteiger partial charge < -0.3 is 9.84 Å². The smallest absolute Gasteiger partial charge is 0.304 e. The van der Waals surface area contributed by atoms with Crippen molar-refractivity contribution in [2.75, 3.05) is 0 Å². The van der Waals surface area contributed by atoms with Crippen LogP contribution >= 0.6 is 0 Å². The molecule has 1 atom stereocenters. The third-order valence-electron chi connectivity index (χ3n) is 4.97. The molecular weight excluding hydrogens is 404 g/mol. The number of hydrogen-bond donors (Lipinski definition) is 1. The van der Waals surface area contributed by atoms with Gasteiger partial charge in [0.25, 0.3) is 0 Å². The minimum Gasteiger partial charge on any atom is -0.489 e. The van der Waals surface area contributed by atoms with Gasteiger partial charge in [0.1, 0.15) is 18.7 Å². The first-order valence-corrected chi connectivity index (χ1v) is 10.2. The second-order valence-corrected chi connectivity index (χ2v) is 7.32. The van der Waals surface area contributed by atoms with Gasteiger partial charge in [-0.05, 0) is 42.3 Å². The van der Waals surface area contributed by atoms with Crippen LogP contribution in [-0.2, 0) is 17.9 Å². The van der Waals surface area contributed by atoms with E-state index in [1.807, 2.05) is 59.4 Å². The normalized spacial score (nSPS) is 11.5. The number of carboxylic acid groups (broad SMARTS) is 1. The highest BCUT2D eigenvalue weighted by Crippen LogP contribution is 2.23. The first-order valence-electron chi connectivity index (χ1n) is 10.2. The molecule has 0 unspecified atom stereocenters. The Kier molecular flexibility index (Phi) is 6.42. The molecule has 0 aliphatic heterocycles. The average Bonchev–Trinajstić information content (AvgIpc) is 3.19. The quantitative estimate of drug-likeness (QED) is 0.428. The van der Waals surface area contributed by atoms with Crippen molar-refractivity contribution in [1.82, 2.24) is 19.7 Å². The van der Waals surface area contributed by atoms with Crippen molar-refractivity contribution in [2.45, 2.75) is 32.4 Å². The molecular formula is C25H22N4O3. The topological polar surface area (TPSA) is 90.1 Å². The zero-order chi connectivity index (χ0) is 22.3. The zero-order valence-corrected chi connectivity index (χ0v) is 17.6. The van der Waals surface area contributed by atoms with Gasteiger partial charge in [0.15, 0.2) is 0 Å². The van der Waals surface area contributed by atoms with E-state index in [4.69, 9.17) is 9.84 Å². The van der Waals surface area contributed by atoms with Gasteiger partial charge in [-0.2, -0.15) is 5.10 Å². The van der Waals surface area contributed by atoms with E-state index in [0.717, 1.165) is 27.7 Å². The van der Waals surface area contributed by atoms with Gasteiger partial charge in [-0.15, -0.1) is 5.92 Å². The van der Waals surface area contributed by atoms with Crippen LogP contribution in [0.1, 0.15) is 36.1 Å². The van der Waals surface area contributed by atoms with Crippen molar-refractivity contribution in [3.8, 4) is 17.6 Å². The molecule has 4 aromatic rings. The standard InChI is InChI=1S/C25H22N4O3/c1-2-3-20(13-25(30)31)19-6-8-23(9-7-19)32-16-18-4-5-21-14-29(28-24(21)12-18)15-22-10-11-26-17-27-22/h4-12,14,17,20H,13,15-16H2,1H3,(H,30,31)/t20-/m0/s1. The Hall–Kier alpha value is -4.18. The van der Waals surface area contributed by atoms with Crippen molar-refractivity contribution >= 4 is 16.9 Å². The number of rotatable bonds is 8. The molecule has 0 radical (unpaired) electrons. The molecule has 160 valence electrons. The number of benzene rings is 2. The maximum atomic E-state index is 11.1. The van der Waals surface area contributed by atoms with Crippen LogP contribution in [0.25, 0.3) is 10.9 Å². The summed E-state index contributed by atoms with van der Waals surface area (Å²) in [6.07, 6.45) is 5.22. The number of carbonyl (C=O) groups is 1. The third kappa shape index (κ3) is 5.29. The van der Waals surface area contributed by atoms with Gasteiger partial charge in [-0.1, -0.05) is 30.2 Å². The Balaban J connectivity index is 1.41. The number of aliphatic carboxylic acids is 1. The molecule has 2 aromatic heterocycles. The van der Waals surface area contributed by atoms with Gasteiger partial charge in [-0.25, -0.2) is 9.97 Å². The summed E-state index contributed by atoms with van der Waals surface area (Å²) in [6, 6.07) is 15.4. The van der Waals surface area contributed by atoms with E-state index in [-0.39, 0.29) is 12.3 Å². The SMILES string of the molecule is CC#C[C@@H](CC(=O)O)c1ccc(OCc2ccc3cn(Cc4ccncn4)nc3c2)cc1. The van der Waals surface area contributed by atoms with Crippen molar-refractivity contribution in [3.05, 3.63) is 84.1 Å². The van der Waals surface area contributed by atoms with E-state index in [0.29, 0.717) is 18.9 Å². The summed E-state index contributed by atoms with van der Waals surface area (Å²) < 4.78 is 7.78. The summed E-state index contributed by atoms with van der Waals surface area (Å²) in [6.45, 7) is 2.70. The molecule has 7 nitrogen and oxygen atoms in total. The fourth-order valence-electron chi connectivity index (χ4n) is 3.43. The van der Waals surface area contributed by atoms with Gasteiger partial charge in [0.2, 0.25) is 0 Å². The summed E-state index contributed by atoms with van der Waals surface area (Å²) in [5.74, 6) is 5.27. The van der Waals surface area contributed by atoms with Gasteiger partial charge in [0, 0.05) is 17.8 Å². The molecule has 7 heteroatoms. The summed E-state index contributed by atoms with van der Waals surface area (Å²) in [5, 5.41) is 14.8. The zero-order valence-electron chi connectivity index (χ0n) is 17.6. The van der Waals surface area contributed by atoms with Crippen molar-refractivity contribution < 1.29 is 14.6 Å². The molecule has 0 aliphatic rings. The van der Waals surface area contributed by atoms with Crippen molar-refractivity contribution in [1.29, 1.82) is 0 Å². The summed E-state index contributed by atoms with van der Waals surface area (Å²) in [7, 11) is 0. The number of ether oxygens (including phenoxy) is 1. The van der Waals surface area contributed by atoms with E-state index in [1.165, 1.54) is 6.33 Å². The van der Waals surface area contributed by atoms with Crippen LogP contribution < -0.4 is 4.74 Å². The Bertz CT molecular complexity index is 1270. The molecule has 0 saturated carbocycles. The first-order chi connectivity index (χ1) is 15.6. The highest BCUT2D eigenvalue weighted by atomic mass is 16.5. The molecule has 1 N–H and O–H groups in total. The number of carboxylic acids is 1. The lowest BCUT2D eigenvalue weighted by molar-refractivity contribution is -0.137. The molecule has 0 fully saturated rings. The lowest BCUT2D eigenvalue weighted by Crippen LogP contribution is -2.04. The molecule has 0 amide bonds. The second-order valence-electron chi connectivity index (χ2n) is 7.32. The minimum absolute atomic E-state index is 0.0229. The lowest BCUT2D eigenvalue weighted by Gasteiger charge is -2.11. The first kappa shape index (κ1) is 21.1. The molecule has 0 spiro atoms. The summed E-state index contributed by atoms with van der Waals surface area (Å²) in [4.78, 5) is 19.2. The van der Waals surface area contributed by atoms with Crippen LogP contribution in [0.3, 0.4) is 0 Å². The third-order valence-corrected chi connectivity index (χ3v) is 4.97. The maximum absolute atomic E-state index is 11.1. The van der Waals surface area contributed by atoms with Gasteiger partial charge in [-0.3, -0.25) is 9.48 Å². The maximum Gasteiger partial charge on any atom is 0.304 e. The fraction of sp³-hybridized carbons (Fsp3) is 0.200. The molecule has 0 saturated heterocycles. The van der Waals surface area contributed by atoms with Crippen LogP contribution in [0.15, 0.2) is 67.3 Å². The number of hydrogen-bond acceptors (Lipinski definition) is 5. The van der Waals surface area contributed by atoms with E-state index in [1.54, 1.807) is 13.1 Å². The van der Waals surface area contributed by atoms with Gasteiger partial charge >= 0.3 is 5.97 Å². The lowest BCUT2D eigenvalue weighted by atomic mass is 9.96. The van der Waals surface area contributed by atoms with Crippen molar-refractivity contribution in [2.24, 2.45) is 0 Å². The monoisotopic (exact) mass is 426 g/mol. The van der Waals surface area contributed by atoms with Crippen LogP contribution in [0.4, 0.5) is 0 Å².